The number of rotatable bonds is 1. The summed E-state index contributed by atoms with van der Waals surface area (Å²) in [4.78, 5) is 27.0. The van der Waals surface area contributed by atoms with Crippen LogP contribution >= 0.6 is 0 Å². The molecular weight excluding hydrogens is 294 g/mol. The number of carboxylic acids is 1. The van der Waals surface area contributed by atoms with Crippen molar-refractivity contribution < 1.29 is 19.4 Å². The Morgan fingerprint density at radius 1 is 1.43 bits per heavy atom. The normalized spacial score (nSPS) is 52.4. The lowest BCUT2D eigenvalue weighted by atomic mass is 9.65. The molecule has 5 heteroatoms. The van der Waals surface area contributed by atoms with Crippen LogP contribution in [0.2, 0.25) is 0 Å². The SMILES string of the molecule is CC1=CC[C@@H]2C[C@H]1[C@H]1N(C2)C(=O)[C@@H]2[C@H](C(=O)O)[C@]3(C)C=C[C@@]21O3. The first kappa shape index (κ1) is 13.8. The van der Waals surface area contributed by atoms with Crippen LogP contribution in [0, 0.1) is 23.7 Å². The minimum Gasteiger partial charge on any atom is -0.481 e. The van der Waals surface area contributed by atoms with Gasteiger partial charge in [0.25, 0.3) is 0 Å². The van der Waals surface area contributed by atoms with Gasteiger partial charge in [-0.1, -0.05) is 23.8 Å². The molecule has 4 bridgehead atoms. The summed E-state index contributed by atoms with van der Waals surface area (Å²) in [5.41, 5.74) is -0.290. The molecular formula is C18H21NO4. The predicted octanol–water partition coefficient (Wildman–Crippen LogP) is 1.60. The van der Waals surface area contributed by atoms with Gasteiger partial charge in [0.2, 0.25) is 5.91 Å². The summed E-state index contributed by atoms with van der Waals surface area (Å²) in [6.07, 6.45) is 8.28. The average molecular weight is 315 g/mol. The molecule has 0 saturated carbocycles. The first-order chi connectivity index (χ1) is 10.9. The third kappa shape index (κ3) is 1.39. The molecule has 4 heterocycles. The Kier molecular flexibility index (Phi) is 2.33. The number of carbonyl (C=O) groups excluding carboxylic acids is 1. The number of piperidine rings is 1. The number of aliphatic carboxylic acids is 1. The molecule has 4 aliphatic heterocycles. The molecule has 1 aliphatic carbocycles. The lowest BCUT2D eigenvalue weighted by Crippen LogP contribution is -2.55. The molecule has 0 aromatic rings. The molecule has 0 aromatic heterocycles. The Labute approximate surface area is 135 Å². The van der Waals surface area contributed by atoms with Gasteiger partial charge in [0.05, 0.1) is 17.6 Å². The van der Waals surface area contributed by atoms with Gasteiger partial charge in [-0.2, -0.15) is 0 Å². The van der Waals surface area contributed by atoms with E-state index in [0.29, 0.717) is 5.92 Å². The first-order valence-electron chi connectivity index (χ1n) is 8.48. The summed E-state index contributed by atoms with van der Waals surface area (Å²) in [5.74, 6) is -1.51. The number of hydrogen-bond acceptors (Lipinski definition) is 3. The standard InChI is InChI=1S/C18H21NO4/c1-9-3-4-10-7-11(9)14-18-6-5-17(2,23-18)13(16(21)22)12(18)15(20)19(14)8-10/h3,5-6,10-14H,4,7-8H2,1-2H3,(H,21,22)/t10-,11-,12+,13-,14-,17+,18-/m1/s1. The monoisotopic (exact) mass is 315 g/mol. The van der Waals surface area contributed by atoms with Gasteiger partial charge in [0.15, 0.2) is 0 Å². The van der Waals surface area contributed by atoms with Crippen LogP contribution in [0.1, 0.15) is 26.7 Å². The molecule has 1 spiro atoms. The van der Waals surface area contributed by atoms with Crippen LogP contribution in [0.25, 0.3) is 0 Å². The second-order valence-electron chi connectivity index (χ2n) is 8.09. The highest BCUT2D eigenvalue weighted by Gasteiger charge is 2.76. The highest BCUT2D eigenvalue weighted by Crippen LogP contribution is 2.63. The van der Waals surface area contributed by atoms with E-state index in [1.807, 2.05) is 24.0 Å². The van der Waals surface area contributed by atoms with E-state index in [1.165, 1.54) is 5.57 Å². The molecule has 5 aliphatic rings. The maximum atomic E-state index is 13.1. The number of amides is 1. The third-order valence-electron chi connectivity index (χ3n) is 6.90. The van der Waals surface area contributed by atoms with Crippen molar-refractivity contribution in [3.8, 4) is 0 Å². The molecule has 3 fully saturated rings. The predicted molar refractivity (Wildman–Crippen MR) is 81.4 cm³/mol. The maximum absolute atomic E-state index is 13.1. The minimum absolute atomic E-state index is 0.0140. The van der Waals surface area contributed by atoms with E-state index in [4.69, 9.17) is 4.74 Å². The molecule has 3 saturated heterocycles. The van der Waals surface area contributed by atoms with E-state index in [-0.39, 0.29) is 17.9 Å². The smallest absolute Gasteiger partial charge is 0.310 e. The number of carbonyl (C=O) groups is 2. The van der Waals surface area contributed by atoms with Crippen molar-refractivity contribution in [1.29, 1.82) is 0 Å². The molecule has 5 rings (SSSR count). The van der Waals surface area contributed by atoms with Gasteiger partial charge in [-0.05, 0) is 32.6 Å². The van der Waals surface area contributed by atoms with Gasteiger partial charge in [-0.15, -0.1) is 0 Å². The first-order valence-corrected chi connectivity index (χ1v) is 8.48. The van der Waals surface area contributed by atoms with Crippen LogP contribution in [0.3, 0.4) is 0 Å². The minimum atomic E-state index is -0.924. The molecule has 122 valence electrons. The number of carboxylic acid groups (broad SMARTS) is 1. The largest absolute Gasteiger partial charge is 0.481 e. The second kappa shape index (κ2) is 3.89. The van der Waals surface area contributed by atoms with Crippen molar-refractivity contribution in [3.63, 3.8) is 0 Å². The van der Waals surface area contributed by atoms with Crippen molar-refractivity contribution >= 4 is 11.9 Å². The zero-order valence-electron chi connectivity index (χ0n) is 13.4. The Morgan fingerprint density at radius 2 is 2.22 bits per heavy atom. The number of hydrogen-bond donors (Lipinski definition) is 1. The lowest BCUT2D eigenvalue weighted by Gasteiger charge is -2.48. The van der Waals surface area contributed by atoms with Crippen molar-refractivity contribution in [2.24, 2.45) is 23.7 Å². The van der Waals surface area contributed by atoms with Crippen LogP contribution in [-0.4, -0.2) is 45.7 Å². The topological polar surface area (TPSA) is 66.8 Å². The number of nitrogens with zero attached hydrogens (tertiary/aromatic N) is 1. The van der Waals surface area contributed by atoms with Crippen molar-refractivity contribution in [3.05, 3.63) is 23.8 Å². The molecule has 1 amide bonds. The fraction of sp³-hybridized carbons (Fsp3) is 0.667. The second-order valence-corrected chi connectivity index (χ2v) is 8.09. The van der Waals surface area contributed by atoms with E-state index in [1.54, 1.807) is 0 Å². The molecule has 23 heavy (non-hydrogen) atoms. The maximum Gasteiger partial charge on any atom is 0.310 e. The van der Waals surface area contributed by atoms with E-state index in [0.717, 1.165) is 19.4 Å². The summed E-state index contributed by atoms with van der Waals surface area (Å²) in [7, 11) is 0. The summed E-state index contributed by atoms with van der Waals surface area (Å²) >= 11 is 0. The van der Waals surface area contributed by atoms with Crippen LogP contribution < -0.4 is 0 Å². The van der Waals surface area contributed by atoms with Crippen LogP contribution in [0.15, 0.2) is 23.8 Å². The fourth-order valence-electron chi connectivity index (χ4n) is 5.98. The van der Waals surface area contributed by atoms with E-state index in [9.17, 15) is 14.7 Å². The Balaban J connectivity index is 1.68. The number of fused-ring (bicyclic) bond motifs is 5. The third-order valence-corrected chi connectivity index (χ3v) is 6.90. The molecule has 5 nitrogen and oxygen atoms in total. The van der Waals surface area contributed by atoms with E-state index >= 15 is 0 Å². The van der Waals surface area contributed by atoms with Crippen LogP contribution in [0.4, 0.5) is 0 Å². The quantitative estimate of drug-likeness (QED) is 0.746. The summed E-state index contributed by atoms with van der Waals surface area (Å²) in [5, 5.41) is 9.74. The van der Waals surface area contributed by atoms with E-state index < -0.39 is 29.0 Å². The lowest BCUT2D eigenvalue weighted by molar-refractivity contribution is -0.153. The Morgan fingerprint density at radius 3 is 2.96 bits per heavy atom. The molecule has 0 unspecified atom stereocenters. The van der Waals surface area contributed by atoms with Crippen LogP contribution in [-0.2, 0) is 14.3 Å². The highest BCUT2D eigenvalue weighted by atomic mass is 16.5. The Bertz CT molecular complexity index is 697. The zero-order chi connectivity index (χ0) is 16.1. The number of allylic oxidation sites excluding steroid dienone is 1. The van der Waals surface area contributed by atoms with Gasteiger partial charge >= 0.3 is 5.97 Å². The molecule has 0 aromatic carbocycles. The summed E-state index contributed by atoms with van der Waals surface area (Å²) in [6, 6.07) is -0.0461. The van der Waals surface area contributed by atoms with E-state index in [2.05, 4.69) is 13.0 Å². The van der Waals surface area contributed by atoms with Crippen molar-refractivity contribution in [2.75, 3.05) is 6.54 Å². The fourth-order valence-corrected chi connectivity index (χ4v) is 5.98. The zero-order valence-corrected chi connectivity index (χ0v) is 13.4. The van der Waals surface area contributed by atoms with Gasteiger partial charge in [0, 0.05) is 12.5 Å². The van der Waals surface area contributed by atoms with Crippen LogP contribution in [0.5, 0.6) is 0 Å². The summed E-state index contributed by atoms with van der Waals surface area (Å²) in [6.45, 7) is 4.69. The highest BCUT2D eigenvalue weighted by molar-refractivity contribution is 5.92. The van der Waals surface area contributed by atoms with Gasteiger partial charge in [-0.25, -0.2) is 0 Å². The molecule has 7 atom stereocenters. The summed E-state index contributed by atoms with van der Waals surface area (Å²) < 4.78 is 6.34. The van der Waals surface area contributed by atoms with Gasteiger partial charge in [-0.3, -0.25) is 9.59 Å². The van der Waals surface area contributed by atoms with Gasteiger partial charge < -0.3 is 14.7 Å². The Hall–Kier alpha value is -1.62. The molecule has 0 radical (unpaired) electrons. The van der Waals surface area contributed by atoms with Gasteiger partial charge in [0.1, 0.15) is 11.5 Å². The molecule has 1 N–H and O–H groups in total. The number of ether oxygens (including phenoxy) is 1. The van der Waals surface area contributed by atoms with Crippen molar-refractivity contribution in [2.45, 2.75) is 43.9 Å². The average Bonchev–Trinajstić information content (AvgIpc) is 3.06. The van der Waals surface area contributed by atoms with Crippen molar-refractivity contribution in [1.82, 2.24) is 4.90 Å².